The van der Waals surface area contributed by atoms with Crippen molar-refractivity contribution in [3.8, 4) is 5.75 Å². The van der Waals surface area contributed by atoms with Crippen molar-refractivity contribution in [1.82, 2.24) is 20.3 Å². The molecule has 1 aromatic heterocycles. The van der Waals surface area contributed by atoms with Gasteiger partial charge in [0.2, 0.25) is 11.8 Å². The van der Waals surface area contributed by atoms with E-state index in [4.69, 9.17) is 9.26 Å². The Hall–Kier alpha value is -3.40. The molecule has 160 valence electrons. The van der Waals surface area contributed by atoms with Crippen LogP contribution >= 0.6 is 0 Å². The predicted molar refractivity (Wildman–Crippen MR) is 108 cm³/mol. The van der Waals surface area contributed by atoms with Crippen molar-refractivity contribution in [1.29, 1.82) is 0 Å². The molecular weight excluding hydrogens is 390 g/mol. The van der Waals surface area contributed by atoms with Gasteiger partial charge in [-0.2, -0.15) is 0 Å². The van der Waals surface area contributed by atoms with Gasteiger partial charge >= 0.3 is 0 Å². The average Bonchev–Trinajstić information content (AvgIpc) is 3.16. The molecule has 3 rings (SSSR count). The molecule has 0 bridgehead atoms. The number of anilines is 1. The smallest absolute Gasteiger partial charge is 0.258 e. The topological polar surface area (TPSA) is 117 Å². The van der Waals surface area contributed by atoms with Crippen LogP contribution in [0.4, 0.5) is 5.82 Å². The number of hydrogen-bond donors (Lipinski definition) is 2. The van der Waals surface area contributed by atoms with Crippen molar-refractivity contribution in [3.05, 3.63) is 42.2 Å². The lowest BCUT2D eigenvalue weighted by Crippen LogP contribution is -2.52. The molecule has 0 unspecified atom stereocenters. The van der Waals surface area contributed by atoms with Crippen LogP contribution in [0.25, 0.3) is 0 Å². The van der Waals surface area contributed by atoms with Crippen molar-refractivity contribution in [3.63, 3.8) is 0 Å². The maximum atomic E-state index is 12.3. The minimum absolute atomic E-state index is 0.0804. The molecule has 0 radical (unpaired) electrons. The van der Waals surface area contributed by atoms with E-state index in [1.807, 2.05) is 23.1 Å². The van der Waals surface area contributed by atoms with Crippen LogP contribution in [0.15, 0.2) is 40.9 Å². The number of nitrogens with zero attached hydrogens (tertiary/aromatic N) is 3. The standard InChI is InChI=1S/C20H25N5O5/c1-15-11-17(23-30-15)22-18(26)13-24-7-9-25(10-8-24)20(28)12-21-19(27)14-29-16-5-3-2-4-6-16/h2-6,11H,7-10,12-14H2,1H3,(H,21,27)(H,22,23,26). The number of carbonyl (C=O) groups excluding carboxylic acids is 3. The van der Waals surface area contributed by atoms with Crippen LogP contribution in [-0.4, -0.2) is 78.6 Å². The number of nitrogens with one attached hydrogen (secondary N) is 2. The summed E-state index contributed by atoms with van der Waals surface area (Å²) >= 11 is 0. The molecule has 10 nitrogen and oxygen atoms in total. The summed E-state index contributed by atoms with van der Waals surface area (Å²) in [4.78, 5) is 39.9. The molecule has 1 saturated heterocycles. The van der Waals surface area contributed by atoms with Crippen molar-refractivity contribution in [2.45, 2.75) is 6.92 Å². The third-order valence-corrected chi connectivity index (χ3v) is 4.54. The molecule has 1 aliphatic heterocycles. The highest BCUT2D eigenvalue weighted by molar-refractivity contribution is 5.91. The van der Waals surface area contributed by atoms with Gasteiger partial charge in [-0.15, -0.1) is 0 Å². The Morgan fingerprint density at radius 2 is 1.83 bits per heavy atom. The molecule has 2 N–H and O–H groups in total. The van der Waals surface area contributed by atoms with Crippen LogP contribution in [0.5, 0.6) is 5.75 Å². The quantitative estimate of drug-likeness (QED) is 0.635. The predicted octanol–water partition coefficient (Wildman–Crippen LogP) is 0.261. The number of para-hydroxylation sites is 1. The van der Waals surface area contributed by atoms with Crippen LogP contribution in [0.3, 0.4) is 0 Å². The van der Waals surface area contributed by atoms with Gasteiger partial charge in [0, 0.05) is 32.2 Å². The van der Waals surface area contributed by atoms with Crippen molar-refractivity contribution < 1.29 is 23.6 Å². The van der Waals surface area contributed by atoms with Gasteiger partial charge in [0.25, 0.3) is 5.91 Å². The van der Waals surface area contributed by atoms with Crippen molar-refractivity contribution in [2.24, 2.45) is 0 Å². The van der Waals surface area contributed by atoms with Gasteiger partial charge in [-0.3, -0.25) is 19.3 Å². The number of piperazine rings is 1. The van der Waals surface area contributed by atoms with E-state index in [1.165, 1.54) is 0 Å². The number of carbonyl (C=O) groups is 3. The van der Waals surface area contributed by atoms with Crippen LogP contribution < -0.4 is 15.4 Å². The minimum atomic E-state index is -0.356. The number of rotatable bonds is 8. The highest BCUT2D eigenvalue weighted by atomic mass is 16.5. The Morgan fingerprint density at radius 3 is 2.50 bits per heavy atom. The first kappa shape index (κ1) is 21.3. The summed E-state index contributed by atoms with van der Waals surface area (Å²) in [6.45, 7) is 3.86. The molecule has 1 aliphatic rings. The zero-order valence-corrected chi connectivity index (χ0v) is 16.8. The average molecular weight is 415 g/mol. The molecule has 1 fully saturated rings. The van der Waals surface area contributed by atoms with E-state index in [1.54, 1.807) is 30.0 Å². The summed E-state index contributed by atoms with van der Waals surface area (Å²) in [6.07, 6.45) is 0. The fourth-order valence-electron chi connectivity index (χ4n) is 2.97. The van der Waals surface area contributed by atoms with Crippen LogP contribution in [0, 0.1) is 6.92 Å². The van der Waals surface area contributed by atoms with E-state index in [-0.39, 0.29) is 37.4 Å². The SMILES string of the molecule is Cc1cc(NC(=O)CN2CCN(C(=O)CNC(=O)COc3ccccc3)CC2)no1. The Balaban J connectivity index is 1.31. The lowest BCUT2D eigenvalue weighted by Gasteiger charge is -2.34. The van der Waals surface area contributed by atoms with Gasteiger partial charge in [-0.25, -0.2) is 0 Å². The third kappa shape index (κ3) is 6.59. The lowest BCUT2D eigenvalue weighted by molar-refractivity contribution is -0.134. The van der Waals surface area contributed by atoms with Crippen LogP contribution in [0.1, 0.15) is 5.76 Å². The Kier molecular flexibility index (Phi) is 7.39. The first-order valence-electron chi connectivity index (χ1n) is 9.67. The van der Waals surface area contributed by atoms with E-state index in [2.05, 4.69) is 15.8 Å². The Labute approximate surface area is 174 Å². The third-order valence-electron chi connectivity index (χ3n) is 4.54. The summed E-state index contributed by atoms with van der Waals surface area (Å²) < 4.78 is 10.3. The maximum absolute atomic E-state index is 12.3. The summed E-state index contributed by atoms with van der Waals surface area (Å²) in [5, 5.41) is 8.98. The molecule has 1 aromatic carbocycles. The highest BCUT2D eigenvalue weighted by Crippen LogP contribution is 2.09. The lowest BCUT2D eigenvalue weighted by atomic mass is 10.3. The van der Waals surface area contributed by atoms with Gasteiger partial charge in [-0.1, -0.05) is 23.4 Å². The fourth-order valence-corrected chi connectivity index (χ4v) is 2.97. The Bertz CT molecular complexity index is 861. The fraction of sp³-hybridized carbons (Fsp3) is 0.400. The normalized spacial score (nSPS) is 14.2. The zero-order chi connectivity index (χ0) is 21.3. The maximum Gasteiger partial charge on any atom is 0.258 e. The number of amides is 3. The summed E-state index contributed by atoms with van der Waals surface area (Å²) in [7, 11) is 0. The summed E-state index contributed by atoms with van der Waals surface area (Å²) in [5.74, 6) is 0.900. The van der Waals surface area contributed by atoms with Crippen molar-refractivity contribution >= 4 is 23.5 Å². The molecule has 0 spiro atoms. The molecule has 2 aromatic rings. The van der Waals surface area contributed by atoms with E-state index < -0.39 is 0 Å². The zero-order valence-electron chi connectivity index (χ0n) is 16.8. The van der Waals surface area contributed by atoms with E-state index in [9.17, 15) is 14.4 Å². The second kappa shape index (κ2) is 10.4. The number of benzene rings is 1. The largest absolute Gasteiger partial charge is 0.484 e. The second-order valence-corrected chi connectivity index (χ2v) is 6.91. The molecule has 0 aliphatic carbocycles. The molecule has 2 heterocycles. The highest BCUT2D eigenvalue weighted by Gasteiger charge is 2.23. The monoisotopic (exact) mass is 415 g/mol. The summed E-state index contributed by atoms with van der Waals surface area (Å²) in [6, 6.07) is 10.6. The van der Waals surface area contributed by atoms with Crippen molar-refractivity contribution in [2.75, 3.05) is 51.2 Å². The number of ether oxygens (including phenoxy) is 1. The summed E-state index contributed by atoms with van der Waals surface area (Å²) in [5.41, 5.74) is 0. The first-order valence-corrected chi connectivity index (χ1v) is 9.67. The molecule has 10 heteroatoms. The molecule has 30 heavy (non-hydrogen) atoms. The Morgan fingerprint density at radius 1 is 1.10 bits per heavy atom. The van der Waals surface area contributed by atoms with E-state index in [0.29, 0.717) is 43.5 Å². The first-order chi connectivity index (χ1) is 14.5. The van der Waals surface area contributed by atoms with Gasteiger partial charge < -0.3 is 24.8 Å². The van der Waals surface area contributed by atoms with Crippen LogP contribution in [0.2, 0.25) is 0 Å². The molecule has 0 atom stereocenters. The molecular formula is C20H25N5O5. The van der Waals surface area contributed by atoms with Gasteiger partial charge in [0.05, 0.1) is 13.1 Å². The number of hydrogen-bond acceptors (Lipinski definition) is 7. The molecule has 0 saturated carbocycles. The van der Waals surface area contributed by atoms with E-state index >= 15 is 0 Å². The van der Waals surface area contributed by atoms with Crippen LogP contribution in [-0.2, 0) is 14.4 Å². The second-order valence-electron chi connectivity index (χ2n) is 6.91. The number of aromatic nitrogens is 1. The van der Waals surface area contributed by atoms with Gasteiger partial charge in [0.15, 0.2) is 12.4 Å². The molecule has 3 amide bonds. The van der Waals surface area contributed by atoms with Gasteiger partial charge in [0.1, 0.15) is 11.5 Å². The minimum Gasteiger partial charge on any atom is -0.484 e. The number of aryl methyl sites for hydroxylation is 1. The van der Waals surface area contributed by atoms with E-state index in [0.717, 1.165) is 0 Å². The van der Waals surface area contributed by atoms with Gasteiger partial charge in [-0.05, 0) is 19.1 Å².